The van der Waals surface area contributed by atoms with E-state index >= 15 is 0 Å². The normalized spacial score (nSPS) is 10.5. The van der Waals surface area contributed by atoms with Gasteiger partial charge in [-0.25, -0.2) is 9.97 Å². The molecular weight excluding hydrogens is 430 g/mol. The van der Waals surface area contributed by atoms with Crippen LogP contribution in [0.15, 0.2) is 64.8 Å². The van der Waals surface area contributed by atoms with Crippen molar-refractivity contribution >= 4 is 40.9 Å². The van der Waals surface area contributed by atoms with E-state index in [-0.39, 0.29) is 23.2 Å². The average Bonchev–Trinajstić information content (AvgIpc) is 2.76. The van der Waals surface area contributed by atoms with Crippen molar-refractivity contribution < 1.29 is 14.3 Å². The molecule has 0 aliphatic heterocycles. The second-order valence-corrected chi connectivity index (χ2v) is 8.68. The van der Waals surface area contributed by atoms with Gasteiger partial charge >= 0.3 is 0 Å². The molecule has 160 valence electrons. The highest BCUT2D eigenvalue weighted by Gasteiger charge is 2.12. The number of thioether (sulfide) groups is 2. The first-order valence-corrected chi connectivity index (χ1v) is 11.6. The number of carbonyl (C=O) groups is 2. The third kappa shape index (κ3) is 6.83. The van der Waals surface area contributed by atoms with Crippen LogP contribution >= 0.6 is 23.5 Å². The summed E-state index contributed by atoms with van der Waals surface area (Å²) in [6, 6.07) is 16.6. The zero-order valence-electron chi connectivity index (χ0n) is 17.5. The number of hydrogen-bond acceptors (Lipinski definition) is 7. The Hall–Kier alpha value is -2.84. The summed E-state index contributed by atoms with van der Waals surface area (Å²) in [6.45, 7) is 3.85. The number of anilines is 1. The second kappa shape index (κ2) is 11.0. The minimum absolute atomic E-state index is 0.0282. The molecule has 3 rings (SSSR count). The molecule has 0 spiro atoms. The van der Waals surface area contributed by atoms with Crippen LogP contribution in [0.2, 0.25) is 0 Å². The highest BCUT2D eigenvalue weighted by molar-refractivity contribution is 8.00. The zero-order valence-corrected chi connectivity index (χ0v) is 19.2. The SMILES string of the molecule is COc1ccccc1NC(=O)CSc1cc(C)nc(SCC(=O)c2ccc(C)cc2)n1. The predicted molar refractivity (Wildman–Crippen MR) is 125 cm³/mol. The molecule has 0 saturated carbocycles. The van der Waals surface area contributed by atoms with Crippen molar-refractivity contribution in [3.63, 3.8) is 0 Å². The lowest BCUT2D eigenvalue weighted by atomic mass is 10.1. The molecule has 1 amide bonds. The van der Waals surface area contributed by atoms with Gasteiger partial charge in [0.05, 0.1) is 24.3 Å². The van der Waals surface area contributed by atoms with Crippen LogP contribution in [-0.2, 0) is 4.79 Å². The van der Waals surface area contributed by atoms with Gasteiger partial charge in [0.2, 0.25) is 5.91 Å². The van der Waals surface area contributed by atoms with Crippen LogP contribution in [0.4, 0.5) is 5.69 Å². The maximum Gasteiger partial charge on any atom is 0.234 e. The molecule has 0 aliphatic carbocycles. The summed E-state index contributed by atoms with van der Waals surface area (Å²) in [5.74, 6) is 0.928. The maximum absolute atomic E-state index is 12.4. The largest absolute Gasteiger partial charge is 0.495 e. The molecule has 0 fully saturated rings. The Morgan fingerprint density at radius 2 is 1.71 bits per heavy atom. The van der Waals surface area contributed by atoms with Gasteiger partial charge in [0.1, 0.15) is 10.8 Å². The lowest BCUT2D eigenvalue weighted by Crippen LogP contribution is -2.14. The number of ketones is 1. The average molecular weight is 454 g/mol. The molecule has 2 aromatic carbocycles. The minimum atomic E-state index is -0.158. The third-order valence-electron chi connectivity index (χ3n) is 4.25. The molecule has 0 unspecified atom stereocenters. The number of nitrogens with one attached hydrogen (secondary N) is 1. The number of benzene rings is 2. The molecule has 1 aromatic heterocycles. The number of Topliss-reactive ketones (excluding diaryl/α,β-unsaturated/α-hetero) is 1. The van der Waals surface area contributed by atoms with E-state index in [9.17, 15) is 9.59 Å². The summed E-state index contributed by atoms with van der Waals surface area (Å²) in [4.78, 5) is 33.6. The fourth-order valence-corrected chi connectivity index (χ4v) is 4.29. The van der Waals surface area contributed by atoms with Gasteiger partial charge in [-0.05, 0) is 32.0 Å². The van der Waals surface area contributed by atoms with Gasteiger partial charge in [0.25, 0.3) is 0 Å². The summed E-state index contributed by atoms with van der Waals surface area (Å²) >= 11 is 2.62. The van der Waals surface area contributed by atoms with Crippen LogP contribution < -0.4 is 10.1 Å². The smallest absolute Gasteiger partial charge is 0.234 e. The van der Waals surface area contributed by atoms with E-state index < -0.39 is 0 Å². The van der Waals surface area contributed by atoms with Crippen LogP contribution in [0.25, 0.3) is 0 Å². The van der Waals surface area contributed by atoms with Crippen LogP contribution in [0.1, 0.15) is 21.6 Å². The number of methoxy groups -OCH3 is 1. The summed E-state index contributed by atoms with van der Waals surface area (Å²) < 4.78 is 5.25. The van der Waals surface area contributed by atoms with Gasteiger partial charge < -0.3 is 10.1 Å². The van der Waals surface area contributed by atoms with Gasteiger partial charge in [0.15, 0.2) is 10.9 Å². The number of hydrogen-bond donors (Lipinski definition) is 1. The second-order valence-electron chi connectivity index (χ2n) is 6.75. The van der Waals surface area contributed by atoms with Crippen molar-refractivity contribution in [2.45, 2.75) is 24.0 Å². The van der Waals surface area contributed by atoms with Crippen molar-refractivity contribution in [1.29, 1.82) is 0 Å². The van der Waals surface area contributed by atoms with Gasteiger partial charge in [-0.3, -0.25) is 9.59 Å². The Labute approximate surface area is 190 Å². The Balaban J connectivity index is 1.57. The third-order valence-corrected chi connectivity index (χ3v) is 6.01. The topological polar surface area (TPSA) is 81.2 Å². The first kappa shape index (κ1) is 22.8. The number of carbonyl (C=O) groups excluding carboxylic acids is 2. The zero-order chi connectivity index (χ0) is 22.2. The first-order chi connectivity index (χ1) is 14.9. The van der Waals surface area contributed by atoms with E-state index in [0.29, 0.717) is 27.2 Å². The molecule has 8 heteroatoms. The van der Waals surface area contributed by atoms with Crippen LogP contribution in [0, 0.1) is 13.8 Å². The van der Waals surface area contributed by atoms with Crippen LogP contribution in [0.3, 0.4) is 0 Å². The first-order valence-electron chi connectivity index (χ1n) is 9.58. The van der Waals surface area contributed by atoms with E-state index in [1.54, 1.807) is 19.2 Å². The summed E-state index contributed by atoms with van der Waals surface area (Å²) in [5.41, 5.74) is 3.20. The molecule has 0 aliphatic rings. The van der Waals surface area contributed by atoms with Crippen molar-refractivity contribution in [3.05, 3.63) is 71.4 Å². The Morgan fingerprint density at radius 3 is 2.45 bits per heavy atom. The number of nitrogens with zero attached hydrogens (tertiary/aromatic N) is 2. The molecule has 31 heavy (non-hydrogen) atoms. The molecule has 6 nitrogen and oxygen atoms in total. The highest BCUT2D eigenvalue weighted by atomic mass is 32.2. The van der Waals surface area contributed by atoms with Crippen LogP contribution in [-0.4, -0.2) is 40.3 Å². The predicted octanol–water partition coefficient (Wildman–Crippen LogP) is 4.81. The van der Waals surface area contributed by atoms with Crippen molar-refractivity contribution in [2.24, 2.45) is 0 Å². The van der Waals surface area contributed by atoms with Gasteiger partial charge in [-0.2, -0.15) is 0 Å². The Bertz CT molecular complexity index is 1070. The van der Waals surface area contributed by atoms with E-state index in [2.05, 4.69) is 15.3 Å². The summed E-state index contributed by atoms with van der Waals surface area (Å²) in [7, 11) is 1.56. The van der Waals surface area contributed by atoms with Crippen molar-refractivity contribution in [3.8, 4) is 5.75 Å². The lowest BCUT2D eigenvalue weighted by Gasteiger charge is -2.10. The molecule has 0 bridgehead atoms. The number of para-hydroxylation sites is 2. The molecule has 3 aromatic rings. The van der Waals surface area contributed by atoms with Gasteiger partial charge in [-0.1, -0.05) is 65.5 Å². The summed E-state index contributed by atoms with van der Waals surface area (Å²) in [6.07, 6.45) is 0. The number of ether oxygens (including phenoxy) is 1. The van der Waals surface area contributed by atoms with E-state index in [1.807, 2.05) is 56.3 Å². The fourth-order valence-electron chi connectivity index (χ4n) is 2.68. The minimum Gasteiger partial charge on any atom is -0.495 e. The lowest BCUT2D eigenvalue weighted by molar-refractivity contribution is -0.113. The number of amides is 1. The van der Waals surface area contributed by atoms with E-state index in [1.165, 1.54) is 23.5 Å². The molecule has 0 atom stereocenters. The van der Waals surface area contributed by atoms with Crippen LogP contribution in [0.5, 0.6) is 5.75 Å². The van der Waals surface area contributed by atoms with Crippen molar-refractivity contribution in [2.75, 3.05) is 23.9 Å². The number of rotatable bonds is 9. The standard InChI is InChI=1S/C23H23N3O3S2/c1-15-8-10-17(11-9-15)19(27)13-31-23-24-16(2)12-22(26-23)30-14-21(28)25-18-6-4-5-7-20(18)29-3/h4-12H,13-14H2,1-3H3,(H,25,28). The van der Waals surface area contributed by atoms with E-state index in [0.717, 1.165) is 11.3 Å². The Kier molecular flexibility index (Phi) is 8.08. The van der Waals surface area contributed by atoms with Gasteiger partial charge in [-0.15, -0.1) is 0 Å². The number of aryl methyl sites for hydroxylation is 2. The van der Waals surface area contributed by atoms with Crippen molar-refractivity contribution in [1.82, 2.24) is 9.97 Å². The summed E-state index contributed by atoms with van der Waals surface area (Å²) in [5, 5.41) is 4.05. The number of aromatic nitrogens is 2. The highest BCUT2D eigenvalue weighted by Crippen LogP contribution is 2.25. The maximum atomic E-state index is 12.4. The molecule has 0 saturated heterocycles. The molecule has 0 radical (unpaired) electrons. The fraction of sp³-hybridized carbons (Fsp3) is 0.217. The quantitative estimate of drug-likeness (QED) is 0.216. The van der Waals surface area contributed by atoms with E-state index in [4.69, 9.17) is 4.74 Å². The molecule has 1 heterocycles. The molecular formula is C23H23N3O3S2. The Morgan fingerprint density at radius 1 is 0.968 bits per heavy atom. The monoisotopic (exact) mass is 453 g/mol. The molecule has 1 N–H and O–H groups in total. The van der Waals surface area contributed by atoms with Gasteiger partial charge in [0, 0.05) is 11.3 Å².